The highest BCUT2D eigenvalue weighted by Gasteiger charge is 1.95. The van der Waals surface area contributed by atoms with Crippen LogP contribution in [0.2, 0.25) is 0 Å². The Labute approximate surface area is 113 Å². The van der Waals surface area contributed by atoms with E-state index < -0.39 is 0 Å². The molecule has 0 bridgehead atoms. The van der Waals surface area contributed by atoms with Gasteiger partial charge in [-0.15, -0.1) is 0 Å². The third-order valence-electron chi connectivity index (χ3n) is 3.24. The summed E-state index contributed by atoms with van der Waals surface area (Å²) in [5, 5.41) is 3.50. The fraction of sp³-hybridized carbons (Fsp3) is 0.647. The third kappa shape index (κ3) is 7.50. The van der Waals surface area contributed by atoms with Gasteiger partial charge in [-0.2, -0.15) is 0 Å². The predicted octanol–water partition coefficient (Wildman–Crippen LogP) is 4.34. The van der Waals surface area contributed by atoms with E-state index in [2.05, 4.69) is 50.4 Å². The lowest BCUT2D eigenvalue weighted by Crippen LogP contribution is -2.20. The number of hydrogen-bond donors (Lipinski definition) is 1. The first kappa shape index (κ1) is 15.2. The summed E-state index contributed by atoms with van der Waals surface area (Å²) in [6.07, 6.45) is 6.60. The van der Waals surface area contributed by atoms with Crippen LogP contribution in [0.1, 0.15) is 50.7 Å². The van der Waals surface area contributed by atoms with Gasteiger partial charge < -0.3 is 5.32 Å². The smallest absolute Gasteiger partial charge is 0.00258 e. The second-order valence-electron chi connectivity index (χ2n) is 5.75. The molecule has 1 aromatic carbocycles. The van der Waals surface area contributed by atoms with Gasteiger partial charge in [0.2, 0.25) is 0 Å². The molecule has 0 amide bonds. The number of aryl methyl sites for hydroxylation is 2. The zero-order valence-electron chi connectivity index (χ0n) is 12.3. The van der Waals surface area contributed by atoms with Gasteiger partial charge in [0.25, 0.3) is 0 Å². The van der Waals surface area contributed by atoms with Crippen molar-refractivity contribution in [2.45, 2.75) is 52.9 Å². The molecule has 1 N–H and O–H groups in total. The lowest BCUT2D eigenvalue weighted by molar-refractivity contribution is 0.526. The van der Waals surface area contributed by atoms with Crippen LogP contribution in [0.25, 0.3) is 0 Å². The molecule has 0 radical (unpaired) electrons. The summed E-state index contributed by atoms with van der Waals surface area (Å²) in [6, 6.07) is 8.95. The summed E-state index contributed by atoms with van der Waals surface area (Å²) < 4.78 is 0. The minimum absolute atomic E-state index is 0.770. The molecule has 102 valence electrons. The predicted molar refractivity (Wildman–Crippen MR) is 81.1 cm³/mol. The lowest BCUT2D eigenvalue weighted by atomic mass is 10.0. The van der Waals surface area contributed by atoms with Crippen LogP contribution in [0.4, 0.5) is 0 Å². The standard InChI is InChI=1S/C17H29N/c1-15(2)14-18-13-7-5-4-6-8-17-11-9-16(3)10-12-17/h9-12,15,18H,4-8,13-14H2,1-3H3. The van der Waals surface area contributed by atoms with Crippen LogP contribution in [0.5, 0.6) is 0 Å². The monoisotopic (exact) mass is 247 g/mol. The highest BCUT2D eigenvalue weighted by molar-refractivity contribution is 5.21. The first-order valence-electron chi connectivity index (χ1n) is 7.44. The van der Waals surface area contributed by atoms with Crippen LogP contribution in [0, 0.1) is 12.8 Å². The van der Waals surface area contributed by atoms with E-state index in [1.807, 2.05) is 0 Å². The molecule has 1 nitrogen and oxygen atoms in total. The van der Waals surface area contributed by atoms with Crippen molar-refractivity contribution >= 4 is 0 Å². The van der Waals surface area contributed by atoms with Gasteiger partial charge >= 0.3 is 0 Å². The maximum atomic E-state index is 3.50. The van der Waals surface area contributed by atoms with Gasteiger partial charge in [0.15, 0.2) is 0 Å². The Morgan fingerprint density at radius 1 is 0.944 bits per heavy atom. The summed E-state index contributed by atoms with van der Waals surface area (Å²) in [5.41, 5.74) is 2.84. The normalized spacial score (nSPS) is 11.1. The molecule has 0 atom stereocenters. The molecular formula is C17H29N. The van der Waals surface area contributed by atoms with Gasteiger partial charge in [-0.1, -0.05) is 56.5 Å². The summed E-state index contributed by atoms with van der Waals surface area (Å²) in [4.78, 5) is 0. The summed E-state index contributed by atoms with van der Waals surface area (Å²) in [6.45, 7) is 9.00. The second kappa shape index (κ2) is 9.16. The fourth-order valence-electron chi connectivity index (χ4n) is 2.08. The van der Waals surface area contributed by atoms with Crippen molar-refractivity contribution in [1.82, 2.24) is 5.32 Å². The Morgan fingerprint density at radius 3 is 2.28 bits per heavy atom. The quantitative estimate of drug-likeness (QED) is 0.640. The molecule has 0 spiro atoms. The van der Waals surface area contributed by atoms with Gasteiger partial charge in [0.05, 0.1) is 0 Å². The zero-order chi connectivity index (χ0) is 13.2. The van der Waals surface area contributed by atoms with Crippen molar-refractivity contribution in [2.75, 3.05) is 13.1 Å². The fourth-order valence-corrected chi connectivity index (χ4v) is 2.08. The molecule has 0 fully saturated rings. The zero-order valence-corrected chi connectivity index (χ0v) is 12.3. The van der Waals surface area contributed by atoms with Crippen molar-refractivity contribution in [3.63, 3.8) is 0 Å². The minimum Gasteiger partial charge on any atom is -0.316 e. The average molecular weight is 247 g/mol. The van der Waals surface area contributed by atoms with Gasteiger partial charge in [0.1, 0.15) is 0 Å². The first-order valence-corrected chi connectivity index (χ1v) is 7.44. The minimum atomic E-state index is 0.770. The number of benzene rings is 1. The molecule has 1 aromatic rings. The average Bonchev–Trinajstić information content (AvgIpc) is 2.34. The molecule has 0 aromatic heterocycles. The second-order valence-corrected chi connectivity index (χ2v) is 5.75. The van der Waals surface area contributed by atoms with Crippen molar-refractivity contribution in [3.8, 4) is 0 Å². The Hall–Kier alpha value is -0.820. The maximum Gasteiger partial charge on any atom is -0.00258 e. The molecule has 18 heavy (non-hydrogen) atoms. The molecule has 0 saturated carbocycles. The van der Waals surface area contributed by atoms with E-state index in [4.69, 9.17) is 0 Å². The van der Waals surface area contributed by atoms with Crippen LogP contribution < -0.4 is 5.32 Å². The SMILES string of the molecule is Cc1ccc(CCCCCCNCC(C)C)cc1. The molecule has 0 aliphatic heterocycles. The van der Waals surface area contributed by atoms with E-state index >= 15 is 0 Å². The van der Waals surface area contributed by atoms with Crippen LogP contribution in [-0.4, -0.2) is 13.1 Å². The number of rotatable bonds is 9. The Balaban J connectivity index is 1.94. The molecule has 0 saturated heterocycles. The van der Waals surface area contributed by atoms with Crippen molar-refractivity contribution < 1.29 is 0 Å². The van der Waals surface area contributed by atoms with Gasteiger partial charge in [-0.25, -0.2) is 0 Å². The van der Waals surface area contributed by atoms with Crippen LogP contribution >= 0.6 is 0 Å². The van der Waals surface area contributed by atoms with Gasteiger partial charge in [0, 0.05) is 0 Å². The molecule has 0 aliphatic carbocycles. The third-order valence-corrected chi connectivity index (χ3v) is 3.24. The summed E-state index contributed by atoms with van der Waals surface area (Å²) >= 11 is 0. The molecule has 0 heterocycles. The van der Waals surface area contributed by atoms with Crippen LogP contribution in [0.15, 0.2) is 24.3 Å². The van der Waals surface area contributed by atoms with Gasteiger partial charge in [-0.05, 0) is 50.8 Å². The molecular weight excluding hydrogens is 218 g/mol. The number of hydrogen-bond acceptors (Lipinski definition) is 1. The highest BCUT2D eigenvalue weighted by Crippen LogP contribution is 2.09. The topological polar surface area (TPSA) is 12.0 Å². The molecule has 1 rings (SSSR count). The Bertz CT molecular complexity index is 300. The Morgan fingerprint density at radius 2 is 1.61 bits per heavy atom. The molecule has 0 aliphatic rings. The maximum absolute atomic E-state index is 3.50. The van der Waals surface area contributed by atoms with E-state index in [-0.39, 0.29) is 0 Å². The number of unbranched alkanes of at least 4 members (excludes halogenated alkanes) is 3. The van der Waals surface area contributed by atoms with Crippen LogP contribution in [-0.2, 0) is 6.42 Å². The van der Waals surface area contributed by atoms with E-state index in [0.29, 0.717) is 0 Å². The summed E-state index contributed by atoms with van der Waals surface area (Å²) in [7, 11) is 0. The molecule has 1 heteroatoms. The lowest BCUT2D eigenvalue weighted by Gasteiger charge is -2.07. The van der Waals surface area contributed by atoms with Crippen molar-refractivity contribution in [2.24, 2.45) is 5.92 Å². The van der Waals surface area contributed by atoms with E-state index in [1.54, 1.807) is 0 Å². The summed E-state index contributed by atoms with van der Waals surface area (Å²) in [5.74, 6) is 0.770. The Kier molecular flexibility index (Phi) is 7.75. The van der Waals surface area contributed by atoms with Gasteiger partial charge in [-0.3, -0.25) is 0 Å². The van der Waals surface area contributed by atoms with Crippen molar-refractivity contribution in [3.05, 3.63) is 35.4 Å². The van der Waals surface area contributed by atoms with E-state index in [9.17, 15) is 0 Å². The van der Waals surface area contributed by atoms with E-state index in [0.717, 1.165) is 12.5 Å². The van der Waals surface area contributed by atoms with Crippen LogP contribution in [0.3, 0.4) is 0 Å². The molecule has 0 unspecified atom stereocenters. The largest absolute Gasteiger partial charge is 0.316 e. The number of nitrogens with one attached hydrogen (secondary N) is 1. The van der Waals surface area contributed by atoms with E-state index in [1.165, 1.54) is 49.8 Å². The first-order chi connectivity index (χ1) is 8.68. The van der Waals surface area contributed by atoms with Crippen molar-refractivity contribution in [1.29, 1.82) is 0 Å². The highest BCUT2D eigenvalue weighted by atomic mass is 14.8.